The van der Waals surface area contributed by atoms with Crippen molar-refractivity contribution < 1.29 is 9.13 Å². The average molecular weight is 625 g/mol. The topological polar surface area (TPSA) is 90.5 Å². The van der Waals surface area contributed by atoms with Gasteiger partial charge in [0.25, 0.3) is 11.1 Å². The summed E-state index contributed by atoms with van der Waals surface area (Å²) in [6.07, 6.45) is 3.21. The Bertz CT molecular complexity index is 1800. The zero-order valence-electron chi connectivity index (χ0n) is 22.7. The number of morpholine rings is 1. The molecule has 0 unspecified atom stereocenters. The van der Waals surface area contributed by atoms with Gasteiger partial charge in [-0.05, 0) is 68.1 Å². The van der Waals surface area contributed by atoms with Crippen LogP contribution in [0.15, 0.2) is 67.4 Å². The number of anilines is 2. The van der Waals surface area contributed by atoms with E-state index in [2.05, 4.69) is 26.1 Å². The van der Waals surface area contributed by atoms with E-state index in [0.717, 1.165) is 64.1 Å². The van der Waals surface area contributed by atoms with Crippen molar-refractivity contribution in [1.29, 1.82) is 0 Å². The van der Waals surface area contributed by atoms with E-state index in [-0.39, 0.29) is 28.5 Å². The standard InChI is InChI=1S/C30H31BrFN5O4/c1-34-26(38)18-25(33-24-10-7-20(31)17-23(24)32)27-28(34)36(30(40)37(29(27)39)21-8-9-21)22-6-2-4-19(16-22)5-3-11-35-12-14-41-15-13-35/h2,4,6-7,10,16-18,21,33H,3,5,8-9,11-15H2,1H3. The second kappa shape index (κ2) is 11.4. The molecule has 41 heavy (non-hydrogen) atoms. The Labute approximate surface area is 243 Å². The summed E-state index contributed by atoms with van der Waals surface area (Å²) in [6.45, 7) is 4.33. The summed E-state index contributed by atoms with van der Waals surface area (Å²) in [5.41, 5.74) is 0.625. The van der Waals surface area contributed by atoms with E-state index in [0.29, 0.717) is 10.2 Å². The van der Waals surface area contributed by atoms with Crippen molar-refractivity contribution in [2.24, 2.45) is 7.05 Å². The number of nitrogens with zero attached hydrogens (tertiary/aromatic N) is 4. The quantitative estimate of drug-likeness (QED) is 0.318. The number of aromatic nitrogens is 3. The van der Waals surface area contributed by atoms with Gasteiger partial charge in [0.2, 0.25) is 0 Å². The van der Waals surface area contributed by atoms with Crippen molar-refractivity contribution in [3.05, 3.63) is 95.6 Å². The highest BCUT2D eigenvalue weighted by molar-refractivity contribution is 9.10. The van der Waals surface area contributed by atoms with E-state index in [4.69, 9.17) is 4.74 Å². The van der Waals surface area contributed by atoms with Gasteiger partial charge in [0.15, 0.2) is 0 Å². The van der Waals surface area contributed by atoms with Crippen molar-refractivity contribution in [3.8, 4) is 5.69 Å². The summed E-state index contributed by atoms with van der Waals surface area (Å²) < 4.78 is 24.8. The fourth-order valence-corrected chi connectivity index (χ4v) is 5.80. The van der Waals surface area contributed by atoms with Crippen LogP contribution in [0.25, 0.3) is 16.7 Å². The molecule has 1 saturated carbocycles. The van der Waals surface area contributed by atoms with Gasteiger partial charge in [-0.25, -0.2) is 13.8 Å². The first-order valence-corrected chi connectivity index (χ1v) is 14.6. The first-order valence-electron chi connectivity index (χ1n) is 13.8. The molecule has 11 heteroatoms. The molecule has 214 valence electrons. The monoisotopic (exact) mass is 623 g/mol. The smallest absolute Gasteiger partial charge is 0.337 e. The van der Waals surface area contributed by atoms with Gasteiger partial charge in [-0.3, -0.25) is 23.6 Å². The molecule has 0 bridgehead atoms. The minimum absolute atomic E-state index is 0.111. The molecule has 2 fully saturated rings. The number of pyridine rings is 1. The van der Waals surface area contributed by atoms with Crippen LogP contribution in [0.1, 0.15) is 30.9 Å². The summed E-state index contributed by atoms with van der Waals surface area (Å²) in [7, 11) is 1.54. The van der Waals surface area contributed by atoms with Crippen molar-refractivity contribution in [1.82, 2.24) is 18.6 Å². The highest BCUT2D eigenvalue weighted by Gasteiger charge is 2.31. The van der Waals surface area contributed by atoms with Gasteiger partial charge >= 0.3 is 5.69 Å². The maximum absolute atomic E-state index is 14.8. The fraction of sp³-hybridized carbons (Fsp3) is 0.367. The maximum Gasteiger partial charge on any atom is 0.337 e. The highest BCUT2D eigenvalue weighted by Crippen LogP contribution is 2.34. The van der Waals surface area contributed by atoms with Crippen LogP contribution in [-0.2, 0) is 18.2 Å². The van der Waals surface area contributed by atoms with Gasteiger partial charge in [-0.1, -0.05) is 28.1 Å². The Morgan fingerprint density at radius 1 is 1.02 bits per heavy atom. The third-order valence-corrected chi connectivity index (χ3v) is 8.27. The van der Waals surface area contributed by atoms with E-state index in [9.17, 15) is 18.8 Å². The lowest BCUT2D eigenvalue weighted by Gasteiger charge is -2.26. The first-order chi connectivity index (χ1) is 19.8. The number of hydrogen-bond donors (Lipinski definition) is 1. The third-order valence-electron chi connectivity index (χ3n) is 7.78. The van der Waals surface area contributed by atoms with Crippen LogP contribution in [0.5, 0.6) is 0 Å². The molecule has 9 nitrogen and oxygen atoms in total. The SMILES string of the molecule is Cn1c(=O)cc(Nc2ccc(Br)cc2F)c2c(=O)n(C3CC3)c(=O)n(-c3cccc(CCCN4CCOCC4)c3)c21. The molecular formula is C30H31BrFN5O4. The third kappa shape index (κ3) is 5.53. The Hall–Kier alpha value is -3.54. The summed E-state index contributed by atoms with van der Waals surface area (Å²) in [6, 6.07) is 13.2. The van der Waals surface area contributed by atoms with E-state index < -0.39 is 22.6 Å². The van der Waals surface area contributed by atoms with Crippen molar-refractivity contribution in [2.75, 3.05) is 38.2 Å². The predicted molar refractivity (Wildman–Crippen MR) is 160 cm³/mol. The van der Waals surface area contributed by atoms with E-state index in [1.165, 1.54) is 38.9 Å². The van der Waals surface area contributed by atoms with Crippen LogP contribution in [0.4, 0.5) is 15.8 Å². The molecule has 6 rings (SSSR count). The molecule has 1 aliphatic heterocycles. The molecule has 2 aromatic carbocycles. The molecule has 2 aliphatic rings. The van der Waals surface area contributed by atoms with Crippen LogP contribution in [0, 0.1) is 5.82 Å². The van der Waals surface area contributed by atoms with E-state index in [1.807, 2.05) is 24.3 Å². The summed E-state index contributed by atoms with van der Waals surface area (Å²) in [5, 5.41) is 3.11. The van der Waals surface area contributed by atoms with Gasteiger partial charge in [0, 0.05) is 36.7 Å². The largest absolute Gasteiger partial charge is 0.379 e. The minimum Gasteiger partial charge on any atom is -0.379 e. The number of halogens is 2. The second-order valence-electron chi connectivity index (χ2n) is 10.7. The Balaban J connectivity index is 1.48. The second-order valence-corrected chi connectivity index (χ2v) is 11.6. The van der Waals surface area contributed by atoms with E-state index in [1.54, 1.807) is 6.07 Å². The lowest BCUT2D eigenvalue weighted by Crippen LogP contribution is -2.41. The van der Waals surface area contributed by atoms with Gasteiger partial charge < -0.3 is 10.1 Å². The lowest BCUT2D eigenvalue weighted by molar-refractivity contribution is 0.0375. The molecule has 1 N–H and O–H groups in total. The van der Waals surface area contributed by atoms with Crippen LogP contribution < -0.4 is 22.1 Å². The molecule has 0 atom stereocenters. The number of benzene rings is 2. The number of fused-ring (bicyclic) bond motifs is 1. The van der Waals surface area contributed by atoms with Crippen LogP contribution in [0.2, 0.25) is 0 Å². The van der Waals surface area contributed by atoms with Crippen LogP contribution in [-0.4, -0.2) is 51.4 Å². The lowest BCUT2D eigenvalue weighted by atomic mass is 10.1. The molecule has 2 aromatic heterocycles. The molecule has 0 spiro atoms. The Kier molecular flexibility index (Phi) is 7.67. The van der Waals surface area contributed by atoms with E-state index >= 15 is 0 Å². The maximum atomic E-state index is 14.8. The molecule has 4 aromatic rings. The Morgan fingerprint density at radius 2 is 1.80 bits per heavy atom. The molecule has 0 radical (unpaired) electrons. The van der Waals surface area contributed by atoms with Crippen LogP contribution >= 0.6 is 15.9 Å². The number of hydrogen-bond acceptors (Lipinski definition) is 6. The summed E-state index contributed by atoms with van der Waals surface area (Å²) >= 11 is 3.25. The minimum atomic E-state index is -0.547. The summed E-state index contributed by atoms with van der Waals surface area (Å²) in [4.78, 5) is 43.4. The number of rotatable bonds is 8. The average Bonchev–Trinajstić information content (AvgIpc) is 3.79. The highest BCUT2D eigenvalue weighted by atomic mass is 79.9. The van der Waals surface area contributed by atoms with Crippen molar-refractivity contribution >= 4 is 38.3 Å². The molecule has 1 saturated heterocycles. The molecule has 0 amide bonds. The molecular weight excluding hydrogens is 593 g/mol. The van der Waals surface area contributed by atoms with Gasteiger partial charge in [-0.2, -0.15) is 0 Å². The number of aryl methyl sites for hydroxylation is 2. The molecule has 1 aliphatic carbocycles. The van der Waals surface area contributed by atoms with Gasteiger partial charge in [-0.15, -0.1) is 0 Å². The Morgan fingerprint density at radius 3 is 2.54 bits per heavy atom. The van der Waals surface area contributed by atoms with Crippen molar-refractivity contribution in [2.45, 2.75) is 31.7 Å². The zero-order valence-corrected chi connectivity index (χ0v) is 24.3. The van der Waals surface area contributed by atoms with Gasteiger partial charge in [0.05, 0.1) is 30.3 Å². The van der Waals surface area contributed by atoms with Gasteiger partial charge in [0.1, 0.15) is 16.9 Å². The predicted octanol–water partition coefficient (Wildman–Crippen LogP) is 4.10. The fourth-order valence-electron chi connectivity index (χ4n) is 5.47. The zero-order chi connectivity index (χ0) is 28.7. The van der Waals surface area contributed by atoms with Crippen molar-refractivity contribution in [3.63, 3.8) is 0 Å². The molecule has 3 heterocycles. The van der Waals surface area contributed by atoms with Crippen LogP contribution in [0.3, 0.4) is 0 Å². The summed E-state index contributed by atoms with van der Waals surface area (Å²) in [5.74, 6) is -0.547. The normalized spacial score (nSPS) is 15.9. The first kappa shape index (κ1) is 27.6. The number of ether oxygens (including phenoxy) is 1. The number of nitrogens with one attached hydrogen (secondary N) is 1.